The number of rotatable bonds is 3. The van der Waals surface area contributed by atoms with Crippen LogP contribution in [0.4, 0.5) is 5.82 Å². The first-order valence-electron chi connectivity index (χ1n) is 6.19. The summed E-state index contributed by atoms with van der Waals surface area (Å²) in [7, 11) is 0. The summed E-state index contributed by atoms with van der Waals surface area (Å²) in [5.41, 5.74) is 0.561. The second-order valence-electron chi connectivity index (χ2n) is 4.54. The minimum absolute atomic E-state index is 0.110. The molecule has 1 aromatic rings. The fourth-order valence-electron chi connectivity index (χ4n) is 2.13. The van der Waals surface area contributed by atoms with Gasteiger partial charge in [0.25, 0.3) is 0 Å². The topological polar surface area (TPSA) is 90.5 Å². The van der Waals surface area contributed by atoms with Crippen LogP contribution in [0.3, 0.4) is 0 Å². The van der Waals surface area contributed by atoms with Crippen molar-refractivity contribution < 1.29 is 14.5 Å². The number of halogens is 1. The Morgan fingerprint density at radius 3 is 2.60 bits per heavy atom. The van der Waals surface area contributed by atoms with Gasteiger partial charge in [-0.15, -0.1) is 0 Å². The first-order valence-corrected chi connectivity index (χ1v) is 6.98. The van der Waals surface area contributed by atoms with Crippen molar-refractivity contribution in [3.8, 4) is 0 Å². The third kappa shape index (κ3) is 2.68. The third-order valence-electron chi connectivity index (χ3n) is 3.28. The monoisotopic (exact) mass is 346 g/mol. The summed E-state index contributed by atoms with van der Waals surface area (Å²) in [6.45, 7) is 5.47. The van der Waals surface area contributed by atoms with Crippen LogP contribution >= 0.6 is 15.9 Å². The molecule has 1 aliphatic rings. The van der Waals surface area contributed by atoms with E-state index in [4.69, 9.17) is 4.74 Å². The Morgan fingerprint density at radius 2 is 2.10 bits per heavy atom. The second-order valence-corrected chi connectivity index (χ2v) is 5.33. The lowest BCUT2D eigenvalue weighted by atomic mass is 10.2. The molecule has 1 unspecified atom stereocenters. The molecule has 1 fully saturated rings. The Morgan fingerprint density at radius 1 is 1.50 bits per heavy atom. The van der Waals surface area contributed by atoms with Gasteiger partial charge in [0, 0.05) is 13.1 Å². The van der Waals surface area contributed by atoms with E-state index in [1.807, 2.05) is 0 Å². The van der Waals surface area contributed by atoms with Gasteiger partial charge in [-0.05, 0) is 34.7 Å². The van der Waals surface area contributed by atoms with Gasteiger partial charge in [-0.25, -0.2) is 0 Å². The number of nitro groups is 1. The molecule has 0 aliphatic carbocycles. The standard InChI is InChI=1S/C11H15BrN4O4/c1-7-9(12)10(16(18)19)13-15(7)8(2)11(17)14-3-5-20-6-4-14/h8H,3-6H2,1-2H3. The lowest BCUT2D eigenvalue weighted by Gasteiger charge is -2.28. The van der Waals surface area contributed by atoms with Crippen molar-refractivity contribution in [3.05, 3.63) is 20.3 Å². The maximum Gasteiger partial charge on any atom is 0.404 e. The van der Waals surface area contributed by atoms with Crippen LogP contribution in [0, 0.1) is 17.0 Å². The van der Waals surface area contributed by atoms with Crippen LogP contribution in [0.5, 0.6) is 0 Å². The third-order valence-corrected chi connectivity index (χ3v) is 4.21. The fourth-order valence-corrected chi connectivity index (χ4v) is 2.54. The molecule has 9 heteroatoms. The van der Waals surface area contributed by atoms with Crippen molar-refractivity contribution in [2.75, 3.05) is 26.3 Å². The van der Waals surface area contributed by atoms with Crippen molar-refractivity contribution >= 4 is 27.7 Å². The van der Waals surface area contributed by atoms with E-state index in [0.29, 0.717) is 36.5 Å². The van der Waals surface area contributed by atoms with Crippen molar-refractivity contribution in [1.29, 1.82) is 0 Å². The smallest absolute Gasteiger partial charge is 0.378 e. The van der Waals surface area contributed by atoms with Gasteiger partial charge in [0.1, 0.15) is 10.5 Å². The molecule has 0 spiro atoms. The predicted molar refractivity (Wildman–Crippen MR) is 73.4 cm³/mol. The molecule has 1 aromatic heterocycles. The van der Waals surface area contributed by atoms with E-state index >= 15 is 0 Å². The van der Waals surface area contributed by atoms with Crippen molar-refractivity contribution in [2.24, 2.45) is 0 Å². The molecular weight excluding hydrogens is 332 g/mol. The number of nitrogens with zero attached hydrogens (tertiary/aromatic N) is 4. The summed E-state index contributed by atoms with van der Waals surface area (Å²) in [6.07, 6.45) is 0. The molecule has 0 radical (unpaired) electrons. The van der Waals surface area contributed by atoms with Crippen molar-refractivity contribution in [3.63, 3.8) is 0 Å². The number of carbonyl (C=O) groups excluding carboxylic acids is 1. The minimum atomic E-state index is -0.585. The lowest BCUT2D eigenvalue weighted by molar-refractivity contribution is -0.390. The molecule has 2 heterocycles. The Hall–Kier alpha value is -1.48. The van der Waals surface area contributed by atoms with Crippen LogP contribution < -0.4 is 0 Å². The Kier molecular flexibility index (Phi) is 4.39. The highest BCUT2D eigenvalue weighted by Crippen LogP contribution is 2.29. The van der Waals surface area contributed by atoms with Crippen LogP contribution in [-0.4, -0.2) is 51.8 Å². The highest BCUT2D eigenvalue weighted by atomic mass is 79.9. The van der Waals surface area contributed by atoms with Crippen molar-refractivity contribution in [1.82, 2.24) is 14.7 Å². The minimum Gasteiger partial charge on any atom is -0.378 e. The Bertz CT molecular complexity index is 539. The molecule has 1 amide bonds. The maximum absolute atomic E-state index is 12.4. The Labute approximate surface area is 124 Å². The van der Waals surface area contributed by atoms with Gasteiger partial charge in [0.05, 0.1) is 24.0 Å². The predicted octanol–water partition coefficient (Wildman–Crippen LogP) is 1.28. The normalized spacial score (nSPS) is 17.1. The molecule has 0 aromatic carbocycles. The number of carbonyl (C=O) groups is 1. The molecule has 2 rings (SSSR count). The number of aromatic nitrogens is 2. The summed E-state index contributed by atoms with van der Waals surface area (Å²) in [6, 6.07) is -0.585. The zero-order valence-corrected chi connectivity index (χ0v) is 12.8. The molecular formula is C11H15BrN4O4. The summed E-state index contributed by atoms with van der Waals surface area (Å²) in [5, 5.41) is 14.8. The number of ether oxygens (including phenoxy) is 1. The highest BCUT2D eigenvalue weighted by molar-refractivity contribution is 9.10. The summed E-state index contributed by atoms with van der Waals surface area (Å²) in [4.78, 5) is 24.4. The quantitative estimate of drug-likeness (QED) is 0.607. The van der Waals surface area contributed by atoms with Gasteiger partial charge < -0.3 is 19.8 Å². The van der Waals surface area contributed by atoms with Crippen LogP contribution in [0.25, 0.3) is 0 Å². The molecule has 8 nitrogen and oxygen atoms in total. The highest BCUT2D eigenvalue weighted by Gasteiger charge is 2.31. The SMILES string of the molecule is Cc1c(Br)c([N+](=O)[O-])nn1C(C)C(=O)N1CCOCC1. The van der Waals surface area contributed by atoms with Gasteiger partial charge in [0.15, 0.2) is 0 Å². The molecule has 20 heavy (non-hydrogen) atoms. The average Bonchev–Trinajstić information content (AvgIpc) is 2.75. The first-order chi connectivity index (χ1) is 9.43. The lowest BCUT2D eigenvalue weighted by Crippen LogP contribution is -2.44. The Balaban J connectivity index is 2.24. The number of amides is 1. The van der Waals surface area contributed by atoms with Gasteiger partial charge >= 0.3 is 5.82 Å². The van der Waals surface area contributed by atoms with Gasteiger partial charge in [-0.3, -0.25) is 4.79 Å². The van der Waals surface area contributed by atoms with E-state index in [0.717, 1.165) is 0 Å². The molecule has 0 saturated carbocycles. The summed E-state index contributed by atoms with van der Waals surface area (Å²) >= 11 is 3.15. The van der Waals surface area contributed by atoms with Gasteiger partial charge in [-0.2, -0.15) is 4.68 Å². The van der Waals surface area contributed by atoms with Crippen molar-refractivity contribution in [2.45, 2.75) is 19.9 Å². The van der Waals surface area contributed by atoms with Crippen LogP contribution in [-0.2, 0) is 9.53 Å². The largest absolute Gasteiger partial charge is 0.404 e. The van der Waals surface area contributed by atoms with Gasteiger partial charge in [0.2, 0.25) is 5.91 Å². The number of morpholine rings is 1. The summed E-state index contributed by atoms with van der Waals surface area (Å²) in [5.74, 6) is -0.384. The molecule has 0 bridgehead atoms. The van der Waals surface area contributed by atoms with Crippen LogP contribution in [0.2, 0.25) is 0 Å². The van der Waals surface area contributed by atoms with Gasteiger partial charge in [-0.1, -0.05) is 0 Å². The number of hydrogen-bond donors (Lipinski definition) is 0. The van der Waals surface area contributed by atoms with Crippen LogP contribution in [0.15, 0.2) is 4.47 Å². The number of hydrogen-bond acceptors (Lipinski definition) is 5. The first kappa shape index (κ1) is 14.9. The summed E-state index contributed by atoms with van der Waals surface area (Å²) < 4.78 is 6.90. The molecule has 1 saturated heterocycles. The zero-order chi connectivity index (χ0) is 14.9. The van der Waals surface area contributed by atoms with E-state index in [2.05, 4.69) is 21.0 Å². The van der Waals surface area contributed by atoms with E-state index in [-0.39, 0.29) is 11.7 Å². The van der Waals surface area contributed by atoms with Crippen LogP contribution in [0.1, 0.15) is 18.7 Å². The zero-order valence-electron chi connectivity index (χ0n) is 11.2. The van der Waals surface area contributed by atoms with E-state index in [1.165, 1.54) is 4.68 Å². The fraction of sp³-hybridized carbons (Fsp3) is 0.636. The molecule has 1 atom stereocenters. The molecule has 1 aliphatic heterocycles. The maximum atomic E-state index is 12.4. The van der Waals surface area contributed by atoms with E-state index in [1.54, 1.807) is 18.7 Å². The molecule has 110 valence electrons. The van der Waals surface area contributed by atoms with E-state index in [9.17, 15) is 14.9 Å². The second kappa shape index (κ2) is 5.88. The average molecular weight is 347 g/mol. The molecule has 0 N–H and O–H groups in total. The van der Waals surface area contributed by atoms with E-state index < -0.39 is 11.0 Å².